The molecule has 0 heterocycles. The molecule has 7 aromatic carbocycles. The molecule has 0 atom stereocenters. The Labute approximate surface area is 309 Å². The summed E-state index contributed by atoms with van der Waals surface area (Å²) >= 11 is 0. The number of benzene rings is 7. The SMILES string of the molecule is Cc1ccc(N(c2ccccc2)c2ccc(/C=C/c3cc(C)c(/C=C/c4ccc(N(c5ccccc5)c5ccc(C)cc5)cc4)cc3C)cc2)cc1. The molecule has 0 radical (unpaired) electrons. The molecule has 0 aliphatic heterocycles. The van der Waals surface area contributed by atoms with E-state index in [2.05, 4.69) is 232 Å². The van der Waals surface area contributed by atoms with E-state index in [1.165, 1.54) is 44.5 Å². The maximum atomic E-state index is 2.30. The minimum atomic E-state index is 1.13. The van der Waals surface area contributed by atoms with E-state index in [0.717, 1.165) is 34.1 Å². The number of rotatable bonds is 10. The van der Waals surface area contributed by atoms with Gasteiger partial charge in [0.2, 0.25) is 0 Å². The average Bonchev–Trinajstić information content (AvgIpc) is 3.18. The fraction of sp³-hybridized carbons (Fsp3) is 0.0800. The summed E-state index contributed by atoms with van der Waals surface area (Å²) in [5, 5.41) is 0. The molecule has 254 valence electrons. The Bertz CT molecular complexity index is 2110. The van der Waals surface area contributed by atoms with E-state index in [1.807, 2.05) is 0 Å². The van der Waals surface area contributed by atoms with Crippen LogP contribution in [0.25, 0.3) is 24.3 Å². The maximum Gasteiger partial charge on any atom is 0.0462 e. The van der Waals surface area contributed by atoms with Crippen LogP contribution in [0.15, 0.2) is 170 Å². The second-order valence-corrected chi connectivity index (χ2v) is 13.4. The first-order valence-electron chi connectivity index (χ1n) is 17.9. The molecule has 0 spiro atoms. The van der Waals surface area contributed by atoms with Crippen LogP contribution in [0.3, 0.4) is 0 Å². The highest BCUT2D eigenvalue weighted by Crippen LogP contribution is 2.36. The van der Waals surface area contributed by atoms with Crippen molar-refractivity contribution in [2.45, 2.75) is 27.7 Å². The molecule has 0 saturated carbocycles. The Morgan fingerprint density at radius 1 is 0.308 bits per heavy atom. The van der Waals surface area contributed by atoms with Crippen molar-refractivity contribution in [1.82, 2.24) is 0 Å². The van der Waals surface area contributed by atoms with E-state index in [-0.39, 0.29) is 0 Å². The van der Waals surface area contributed by atoms with Crippen LogP contribution in [0.2, 0.25) is 0 Å². The van der Waals surface area contributed by atoms with E-state index >= 15 is 0 Å². The van der Waals surface area contributed by atoms with E-state index < -0.39 is 0 Å². The van der Waals surface area contributed by atoms with Crippen molar-refractivity contribution >= 4 is 58.4 Å². The Hall–Kier alpha value is -6.38. The molecule has 0 unspecified atom stereocenters. The molecule has 0 amide bonds. The number of aryl methyl sites for hydroxylation is 4. The number of hydrogen-bond acceptors (Lipinski definition) is 2. The first kappa shape index (κ1) is 34.1. The molecular formula is C50H44N2. The third-order valence-corrected chi connectivity index (χ3v) is 9.48. The van der Waals surface area contributed by atoms with Gasteiger partial charge in [-0.15, -0.1) is 0 Å². The smallest absolute Gasteiger partial charge is 0.0462 e. The zero-order valence-corrected chi connectivity index (χ0v) is 30.4. The van der Waals surface area contributed by atoms with Gasteiger partial charge in [-0.3, -0.25) is 0 Å². The lowest BCUT2D eigenvalue weighted by molar-refractivity contribution is 1.27. The summed E-state index contributed by atoms with van der Waals surface area (Å²) in [5.74, 6) is 0. The third kappa shape index (κ3) is 7.98. The van der Waals surface area contributed by atoms with E-state index in [9.17, 15) is 0 Å². The molecule has 0 aliphatic carbocycles. The minimum Gasteiger partial charge on any atom is -0.311 e. The van der Waals surface area contributed by atoms with Gasteiger partial charge in [0.15, 0.2) is 0 Å². The second-order valence-electron chi connectivity index (χ2n) is 13.4. The van der Waals surface area contributed by atoms with Crippen LogP contribution in [0, 0.1) is 27.7 Å². The molecule has 7 rings (SSSR count). The molecule has 0 N–H and O–H groups in total. The normalized spacial score (nSPS) is 11.3. The molecule has 2 nitrogen and oxygen atoms in total. The van der Waals surface area contributed by atoms with Crippen LogP contribution in [0.4, 0.5) is 34.1 Å². The molecule has 2 heteroatoms. The highest BCUT2D eigenvalue weighted by atomic mass is 15.1. The molecule has 52 heavy (non-hydrogen) atoms. The quantitative estimate of drug-likeness (QED) is 0.133. The summed E-state index contributed by atoms with van der Waals surface area (Å²) in [6.45, 7) is 8.63. The zero-order chi connectivity index (χ0) is 35.9. The standard InChI is InChI=1S/C50H44N2/c1-37-15-27-47(28-16-37)51(45-11-7-5-8-12-45)49-31-21-41(22-32-49)19-25-43-35-40(4)44(36-39(43)3)26-20-42-23-33-50(34-24-42)52(46-13-9-6-10-14-46)48-29-17-38(2)18-30-48/h5-36H,1-4H3/b25-19+,26-20+. The van der Waals surface area contributed by atoms with E-state index in [1.54, 1.807) is 0 Å². The van der Waals surface area contributed by atoms with Gasteiger partial charge in [-0.1, -0.05) is 132 Å². The average molecular weight is 673 g/mol. The van der Waals surface area contributed by atoms with Crippen molar-refractivity contribution in [1.29, 1.82) is 0 Å². The van der Waals surface area contributed by atoms with Crippen LogP contribution >= 0.6 is 0 Å². The minimum absolute atomic E-state index is 1.13. The Morgan fingerprint density at radius 3 is 0.923 bits per heavy atom. The Balaban J connectivity index is 1.06. The van der Waals surface area contributed by atoms with Gasteiger partial charge in [0.05, 0.1) is 0 Å². The summed E-state index contributed by atoms with van der Waals surface area (Å²) in [6.07, 6.45) is 8.86. The summed E-state index contributed by atoms with van der Waals surface area (Å²) in [7, 11) is 0. The number of anilines is 6. The van der Waals surface area contributed by atoms with Gasteiger partial charge < -0.3 is 9.80 Å². The van der Waals surface area contributed by atoms with Crippen molar-refractivity contribution in [2.24, 2.45) is 0 Å². The van der Waals surface area contributed by atoms with E-state index in [0.29, 0.717) is 0 Å². The summed E-state index contributed by atoms with van der Waals surface area (Å²) in [4.78, 5) is 4.59. The fourth-order valence-corrected chi connectivity index (χ4v) is 6.50. The fourth-order valence-electron chi connectivity index (χ4n) is 6.50. The summed E-state index contributed by atoms with van der Waals surface area (Å²) in [6, 6.07) is 60.6. The number of nitrogens with zero attached hydrogens (tertiary/aromatic N) is 2. The Morgan fingerprint density at radius 2 is 0.596 bits per heavy atom. The molecule has 0 aromatic heterocycles. The van der Waals surface area contributed by atoms with Crippen LogP contribution in [0.1, 0.15) is 44.5 Å². The molecule has 0 saturated heterocycles. The van der Waals surface area contributed by atoms with Gasteiger partial charge in [0.1, 0.15) is 0 Å². The maximum absolute atomic E-state index is 2.30. The highest BCUT2D eigenvalue weighted by molar-refractivity contribution is 5.81. The van der Waals surface area contributed by atoms with E-state index in [4.69, 9.17) is 0 Å². The van der Waals surface area contributed by atoms with Crippen molar-refractivity contribution < 1.29 is 0 Å². The van der Waals surface area contributed by atoms with Crippen molar-refractivity contribution in [3.05, 3.63) is 214 Å². The third-order valence-electron chi connectivity index (χ3n) is 9.48. The predicted molar refractivity (Wildman–Crippen MR) is 225 cm³/mol. The van der Waals surface area contributed by atoms with Crippen molar-refractivity contribution in [3.8, 4) is 0 Å². The molecule has 7 aromatic rings. The van der Waals surface area contributed by atoms with Crippen LogP contribution < -0.4 is 9.80 Å². The second kappa shape index (κ2) is 15.7. The lowest BCUT2D eigenvalue weighted by Gasteiger charge is -2.25. The van der Waals surface area contributed by atoms with Gasteiger partial charge in [-0.05, 0) is 134 Å². The van der Waals surface area contributed by atoms with Gasteiger partial charge >= 0.3 is 0 Å². The van der Waals surface area contributed by atoms with Gasteiger partial charge in [0.25, 0.3) is 0 Å². The van der Waals surface area contributed by atoms with Crippen LogP contribution in [-0.4, -0.2) is 0 Å². The largest absolute Gasteiger partial charge is 0.311 e. The Kier molecular flexibility index (Phi) is 10.3. The predicted octanol–water partition coefficient (Wildman–Crippen LogP) is 14.2. The van der Waals surface area contributed by atoms with Crippen LogP contribution in [-0.2, 0) is 0 Å². The first-order valence-corrected chi connectivity index (χ1v) is 17.9. The van der Waals surface area contributed by atoms with Gasteiger partial charge in [0, 0.05) is 34.1 Å². The van der Waals surface area contributed by atoms with Crippen LogP contribution in [0.5, 0.6) is 0 Å². The number of hydrogen-bond donors (Lipinski definition) is 0. The topological polar surface area (TPSA) is 6.48 Å². The lowest BCUT2D eigenvalue weighted by atomic mass is 9.98. The molecule has 0 aliphatic rings. The number of para-hydroxylation sites is 2. The molecular weight excluding hydrogens is 629 g/mol. The van der Waals surface area contributed by atoms with Gasteiger partial charge in [-0.25, -0.2) is 0 Å². The molecule has 0 fully saturated rings. The molecule has 0 bridgehead atoms. The summed E-state index contributed by atoms with van der Waals surface area (Å²) < 4.78 is 0. The zero-order valence-electron chi connectivity index (χ0n) is 30.4. The highest BCUT2D eigenvalue weighted by Gasteiger charge is 2.13. The van der Waals surface area contributed by atoms with Gasteiger partial charge in [-0.2, -0.15) is 0 Å². The van der Waals surface area contributed by atoms with Crippen molar-refractivity contribution in [3.63, 3.8) is 0 Å². The lowest BCUT2D eigenvalue weighted by Crippen LogP contribution is -2.09. The summed E-state index contributed by atoms with van der Waals surface area (Å²) in [5.41, 5.74) is 16.6. The monoisotopic (exact) mass is 672 g/mol. The first-order chi connectivity index (χ1) is 25.4. The van der Waals surface area contributed by atoms with Crippen molar-refractivity contribution in [2.75, 3.05) is 9.80 Å².